The fourth-order valence-electron chi connectivity index (χ4n) is 4.10. The largest absolute Gasteiger partial charge is 0.416 e. The summed E-state index contributed by atoms with van der Waals surface area (Å²) in [4.78, 5) is 6.65. The molecule has 1 saturated heterocycles. The van der Waals surface area contributed by atoms with E-state index in [4.69, 9.17) is 0 Å². The van der Waals surface area contributed by atoms with Crippen molar-refractivity contribution in [3.8, 4) is 0 Å². The van der Waals surface area contributed by atoms with Crippen molar-refractivity contribution in [3.05, 3.63) is 71.4 Å². The van der Waals surface area contributed by atoms with Crippen molar-refractivity contribution in [1.29, 1.82) is 0 Å². The molecule has 28 heavy (non-hydrogen) atoms. The molecule has 4 rings (SSSR count). The lowest BCUT2D eigenvalue weighted by Crippen LogP contribution is -2.34. The van der Waals surface area contributed by atoms with Crippen LogP contribution < -0.4 is 4.90 Å². The first-order chi connectivity index (χ1) is 13.4. The van der Waals surface area contributed by atoms with E-state index in [-0.39, 0.29) is 0 Å². The fraction of sp³-hybridized carbons (Fsp3) is 0.348. The Bertz CT molecular complexity index is 959. The maximum absolute atomic E-state index is 13.1. The second-order valence-electron chi connectivity index (χ2n) is 7.63. The zero-order valence-corrected chi connectivity index (χ0v) is 15.8. The topological polar surface area (TPSA) is 16.1 Å². The zero-order valence-electron chi connectivity index (χ0n) is 15.8. The van der Waals surface area contributed by atoms with E-state index < -0.39 is 11.7 Å². The Hall–Kier alpha value is -2.56. The van der Waals surface area contributed by atoms with Crippen LogP contribution in [0.4, 0.5) is 18.9 Å². The molecule has 3 aromatic rings. The standard InChI is InChI=1S/C23H23F3N2/c1-16-13-22(20-8-7-19(23(24,25)26)15-21(20)27-16)28-11-9-18(10-12-28)14-17-5-3-2-4-6-17/h2-8,13,15,18H,9-12,14H2,1H3. The third kappa shape index (κ3) is 3.98. The third-order valence-corrected chi connectivity index (χ3v) is 5.57. The number of alkyl halides is 3. The summed E-state index contributed by atoms with van der Waals surface area (Å²) < 4.78 is 39.2. The van der Waals surface area contributed by atoms with Gasteiger partial charge in [0.1, 0.15) is 0 Å². The van der Waals surface area contributed by atoms with E-state index in [1.54, 1.807) is 6.07 Å². The molecule has 0 saturated carbocycles. The number of piperidine rings is 1. The van der Waals surface area contributed by atoms with Crippen LogP contribution in [0, 0.1) is 12.8 Å². The second-order valence-corrected chi connectivity index (χ2v) is 7.63. The van der Waals surface area contributed by atoms with Gasteiger partial charge < -0.3 is 4.90 Å². The maximum Gasteiger partial charge on any atom is 0.416 e. The summed E-state index contributed by atoms with van der Waals surface area (Å²) in [6, 6.07) is 16.4. The van der Waals surface area contributed by atoms with E-state index in [0.29, 0.717) is 11.4 Å². The molecule has 0 amide bonds. The van der Waals surface area contributed by atoms with Crippen LogP contribution in [0.2, 0.25) is 0 Å². The van der Waals surface area contributed by atoms with E-state index in [9.17, 15) is 13.2 Å². The molecule has 1 aliphatic heterocycles. The number of aryl methyl sites for hydroxylation is 1. The molecule has 2 heterocycles. The number of aromatic nitrogens is 1. The van der Waals surface area contributed by atoms with Crippen LogP contribution in [0.25, 0.3) is 10.9 Å². The maximum atomic E-state index is 13.1. The number of hydrogen-bond donors (Lipinski definition) is 0. The molecular formula is C23H23F3N2. The minimum absolute atomic E-state index is 0.413. The number of hydrogen-bond acceptors (Lipinski definition) is 2. The quantitative estimate of drug-likeness (QED) is 0.549. The smallest absolute Gasteiger partial charge is 0.371 e. The number of pyridine rings is 1. The van der Waals surface area contributed by atoms with Crippen molar-refractivity contribution in [2.24, 2.45) is 5.92 Å². The third-order valence-electron chi connectivity index (χ3n) is 5.57. The molecule has 0 aliphatic carbocycles. The number of anilines is 1. The van der Waals surface area contributed by atoms with Crippen molar-refractivity contribution in [3.63, 3.8) is 0 Å². The summed E-state index contributed by atoms with van der Waals surface area (Å²) in [5.74, 6) is 0.643. The summed E-state index contributed by atoms with van der Waals surface area (Å²) in [7, 11) is 0. The van der Waals surface area contributed by atoms with Gasteiger partial charge in [0.2, 0.25) is 0 Å². The van der Waals surface area contributed by atoms with Gasteiger partial charge in [0.15, 0.2) is 0 Å². The summed E-state index contributed by atoms with van der Waals surface area (Å²) >= 11 is 0. The summed E-state index contributed by atoms with van der Waals surface area (Å²) in [6.45, 7) is 3.67. The van der Waals surface area contributed by atoms with Crippen LogP contribution in [-0.4, -0.2) is 18.1 Å². The minimum Gasteiger partial charge on any atom is -0.371 e. The van der Waals surface area contributed by atoms with Gasteiger partial charge in [-0.3, -0.25) is 4.98 Å². The van der Waals surface area contributed by atoms with Crippen LogP contribution >= 0.6 is 0 Å². The zero-order chi connectivity index (χ0) is 19.7. The number of fused-ring (bicyclic) bond motifs is 1. The molecule has 2 nitrogen and oxygen atoms in total. The molecule has 1 fully saturated rings. The SMILES string of the molecule is Cc1cc(N2CCC(Cc3ccccc3)CC2)c2ccc(C(F)(F)F)cc2n1. The van der Waals surface area contributed by atoms with Gasteiger partial charge in [-0.25, -0.2) is 0 Å². The number of nitrogens with zero attached hydrogens (tertiary/aromatic N) is 2. The molecule has 146 valence electrons. The first-order valence-electron chi connectivity index (χ1n) is 9.67. The Labute approximate surface area is 163 Å². The first kappa shape index (κ1) is 18.8. The number of rotatable bonds is 3. The Kier molecular flexibility index (Phi) is 5.00. The van der Waals surface area contributed by atoms with Crippen LogP contribution in [0.1, 0.15) is 29.7 Å². The Balaban J connectivity index is 1.55. The van der Waals surface area contributed by atoms with Crippen molar-refractivity contribution >= 4 is 16.6 Å². The van der Waals surface area contributed by atoms with Crippen LogP contribution in [0.5, 0.6) is 0 Å². The normalized spacial score (nSPS) is 15.9. The summed E-state index contributed by atoms with van der Waals surface area (Å²) in [5.41, 5.74) is 2.87. The Morgan fingerprint density at radius 3 is 2.39 bits per heavy atom. The predicted octanol–water partition coefficient (Wildman–Crippen LogP) is 6.02. The van der Waals surface area contributed by atoms with Crippen LogP contribution in [0.15, 0.2) is 54.6 Å². The highest BCUT2D eigenvalue weighted by Gasteiger charge is 2.31. The lowest BCUT2D eigenvalue weighted by molar-refractivity contribution is -0.137. The second kappa shape index (κ2) is 7.46. The van der Waals surface area contributed by atoms with E-state index in [0.717, 1.165) is 61.3 Å². The lowest BCUT2D eigenvalue weighted by atomic mass is 9.90. The van der Waals surface area contributed by atoms with Crippen LogP contribution in [0.3, 0.4) is 0 Å². The minimum atomic E-state index is -4.35. The highest BCUT2D eigenvalue weighted by Crippen LogP contribution is 2.35. The van der Waals surface area contributed by atoms with Crippen molar-refractivity contribution in [2.75, 3.05) is 18.0 Å². The number of halogens is 3. The molecule has 5 heteroatoms. The van der Waals surface area contributed by atoms with Gasteiger partial charge in [0.05, 0.1) is 11.1 Å². The van der Waals surface area contributed by atoms with Gasteiger partial charge >= 0.3 is 6.18 Å². The average molecular weight is 384 g/mol. The van der Waals surface area contributed by atoms with E-state index in [1.165, 1.54) is 5.56 Å². The molecule has 0 radical (unpaired) electrons. The molecule has 1 aromatic heterocycles. The highest BCUT2D eigenvalue weighted by atomic mass is 19.4. The molecule has 0 unspecified atom stereocenters. The van der Waals surface area contributed by atoms with Crippen molar-refractivity contribution in [1.82, 2.24) is 4.98 Å². The van der Waals surface area contributed by atoms with Gasteiger partial charge in [-0.2, -0.15) is 13.2 Å². The lowest BCUT2D eigenvalue weighted by Gasteiger charge is -2.34. The monoisotopic (exact) mass is 384 g/mol. The van der Waals surface area contributed by atoms with E-state index in [2.05, 4.69) is 34.1 Å². The predicted molar refractivity (Wildman–Crippen MR) is 107 cm³/mol. The van der Waals surface area contributed by atoms with Crippen LogP contribution in [-0.2, 0) is 12.6 Å². The number of benzene rings is 2. The Morgan fingerprint density at radius 1 is 1.00 bits per heavy atom. The average Bonchev–Trinajstić information content (AvgIpc) is 2.67. The van der Waals surface area contributed by atoms with E-state index >= 15 is 0 Å². The fourth-order valence-corrected chi connectivity index (χ4v) is 4.10. The van der Waals surface area contributed by atoms with Crippen molar-refractivity contribution < 1.29 is 13.2 Å². The molecular weight excluding hydrogens is 361 g/mol. The van der Waals surface area contributed by atoms with E-state index in [1.807, 2.05) is 19.1 Å². The molecule has 0 N–H and O–H groups in total. The Morgan fingerprint density at radius 2 is 1.71 bits per heavy atom. The molecule has 1 aliphatic rings. The first-order valence-corrected chi connectivity index (χ1v) is 9.67. The van der Waals surface area contributed by atoms with Gasteiger partial charge in [-0.1, -0.05) is 36.4 Å². The highest BCUT2D eigenvalue weighted by molar-refractivity contribution is 5.92. The molecule has 0 atom stereocenters. The van der Waals surface area contributed by atoms with Gasteiger partial charge in [-0.15, -0.1) is 0 Å². The molecule has 0 bridgehead atoms. The van der Waals surface area contributed by atoms with Gasteiger partial charge in [0.25, 0.3) is 0 Å². The van der Waals surface area contributed by atoms with Gasteiger partial charge in [-0.05, 0) is 55.9 Å². The molecule has 0 spiro atoms. The van der Waals surface area contributed by atoms with Gasteiger partial charge in [0, 0.05) is 29.9 Å². The summed E-state index contributed by atoms with van der Waals surface area (Å²) in [5, 5.41) is 0.792. The van der Waals surface area contributed by atoms with Crippen molar-refractivity contribution in [2.45, 2.75) is 32.4 Å². The molecule has 2 aromatic carbocycles. The summed E-state index contributed by atoms with van der Waals surface area (Å²) in [6.07, 6.45) is -1.11.